The van der Waals surface area contributed by atoms with Crippen molar-refractivity contribution < 1.29 is 0 Å². The maximum atomic E-state index is 8.87. The molecule has 1 aliphatic heterocycles. The fraction of sp³-hybridized carbons (Fsp3) is 0.500. The molecular weight excluding hydrogens is 222 g/mol. The SMILES string of the molecule is C[C@]1(Nc2ncc(Cl)cn2)CCB(C#N)C1. The van der Waals surface area contributed by atoms with Crippen LogP contribution in [0.2, 0.25) is 17.7 Å². The van der Waals surface area contributed by atoms with Gasteiger partial charge in [-0.1, -0.05) is 17.9 Å². The molecule has 0 aliphatic carbocycles. The Hall–Kier alpha value is -1.28. The highest BCUT2D eigenvalue weighted by atomic mass is 35.5. The lowest BCUT2D eigenvalue weighted by Gasteiger charge is -2.25. The highest BCUT2D eigenvalue weighted by Gasteiger charge is 2.38. The first kappa shape index (κ1) is 11.2. The Bertz CT molecular complexity index is 416. The van der Waals surface area contributed by atoms with Crippen molar-refractivity contribution in [1.29, 1.82) is 5.26 Å². The summed E-state index contributed by atoms with van der Waals surface area (Å²) in [7, 11) is 0. The topological polar surface area (TPSA) is 61.6 Å². The van der Waals surface area contributed by atoms with Crippen LogP contribution in [-0.4, -0.2) is 22.2 Å². The number of aromatic nitrogens is 2. The lowest BCUT2D eigenvalue weighted by molar-refractivity contribution is 0.567. The van der Waals surface area contributed by atoms with E-state index >= 15 is 0 Å². The molecule has 0 bridgehead atoms. The molecule has 1 aromatic rings. The molecule has 4 nitrogen and oxygen atoms in total. The standard InChI is InChI=1S/C10H12BClN4/c1-10(2-3-11(6-10)7-13)16-9-14-4-8(12)5-15-9/h4-5H,2-3,6H2,1H3,(H,14,15,16)/t10-/m0/s1. The average molecular weight is 234 g/mol. The fourth-order valence-electron chi connectivity index (χ4n) is 2.11. The molecule has 16 heavy (non-hydrogen) atoms. The first-order valence-electron chi connectivity index (χ1n) is 5.27. The quantitative estimate of drug-likeness (QED) is 0.798. The second-order valence-electron chi connectivity index (χ2n) is 4.48. The average Bonchev–Trinajstić information content (AvgIpc) is 2.64. The van der Waals surface area contributed by atoms with Crippen LogP contribution in [0.3, 0.4) is 0 Å². The lowest BCUT2D eigenvalue weighted by Crippen LogP contribution is -2.32. The van der Waals surface area contributed by atoms with Crippen LogP contribution in [-0.2, 0) is 0 Å². The van der Waals surface area contributed by atoms with E-state index in [1.807, 2.05) is 0 Å². The molecule has 0 radical (unpaired) electrons. The number of halogens is 1. The van der Waals surface area contributed by atoms with Gasteiger partial charge in [0.05, 0.1) is 17.4 Å². The Labute approximate surface area is 100 Å². The maximum absolute atomic E-state index is 8.87. The van der Waals surface area contributed by atoms with Gasteiger partial charge in [0.1, 0.15) is 0 Å². The van der Waals surface area contributed by atoms with Gasteiger partial charge in [-0.25, -0.2) is 15.2 Å². The van der Waals surface area contributed by atoms with Gasteiger partial charge in [-0.05, 0) is 19.7 Å². The molecule has 1 aromatic heterocycles. The number of nitrogens with zero attached hydrogens (tertiary/aromatic N) is 3. The fourth-order valence-corrected chi connectivity index (χ4v) is 2.21. The summed E-state index contributed by atoms with van der Waals surface area (Å²) < 4.78 is 0. The van der Waals surface area contributed by atoms with E-state index in [0.717, 1.165) is 19.1 Å². The normalized spacial score (nSPS) is 24.2. The van der Waals surface area contributed by atoms with Crippen LogP contribution in [0.15, 0.2) is 12.4 Å². The van der Waals surface area contributed by atoms with Gasteiger partial charge in [0.25, 0.3) is 6.71 Å². The molecular formula is C10H12BClN4. The molecule has 6 heteroatoms. The zero-order valence-corrected chi connectivity index (χ0v) is 9.83. The highest BCUT2D eigenvalue weighted by Crippen LogP contribution is 2.32. The molecule has 0 aromatic carbocycles. The van der Waals surface area contributed by atoms with E-state index in [1.54, 1.807) is 12.4 Å². The van der Waals surface area contributed by atoms with Gasteiger partial charge in [-0.3, -0.25) is 0 Å². The number of hydrogen-bond donors (Lipinski definition) is 1. The van der Waals surface area contributed by atoms with Crippen LogP contribution in [0.25, 0.3) is 0 Å². The van der Waals surface area contributed by atoms with Gasteiger partial charge in [-0.2, -0.15) is 0 Å². The molecule has 1 fully saturated rings. The van der Waals surface area contributed by atoms with E-state index in [2.05, 4.69) is 28.2 Å². The summed E-state index contributed by atoms with van der Waals surface area (Å²) in [6.07, 6.45) is 5.88. The zero-order valence-electron chi connectivity index (χ0n) is 9.07. The third-order valence-corrected chi connectivity index (χ3v) is 3.15. The van der Waals surface area contributed by atoms with Crippen LogP contribution in [0, 0.1) is 11.2 Å². The monoisotopic (exact) mass is 234 g/mol. The third kappa shape index (κ3) is 2.45. The summed E-state index contributed by atoms with van der Waals surface area (Å²) in [4.78, 5) is 8.20. The van der Waals surface area contributed by atoms with Crippen molar-refractivity contribution >= 4 is 24.3 Å². The molecule has 2 heterocycles. The molecule has 1 saturated heterocycles. The molecule has 82 valence electrons. The first-order valence-corrected chi connectivity index (χ1v) is 5.64. The molecule has 0 saturated carbocycles. The van der Waals surface area contributed by atoms with Gasteiger partial charge in [0.15, 0.2) is 0 Å². The van der Waals surface area contributed by atoms with Gasteiger partial charge in [-0.15, -0.1) is 0 Å². The van der Waals surface area contributed by atoms with E-state index in [0.29, 0.717) is 11.0 Å². The summed E-state index contributed by atoms with van der Waals surface area (Å²) in [5, 5.41) is 12.7. The van der Waals surface area contributed by atoms with Crippen LogP contribution < -0.4 is 5.32 Å². The Morgan fingerprint density at radius 2 is 2.25 bits per heavy atom. The van der Waals surface area contributed by atoms with E-state index < -0.39 is 0 Å². The molecule has 1 aliphatic rings. The van der Waals surface area contributed by atoms with Crippen molar-refractivity contribution in [2.75, 3.05) is 5.32 Å². The molecule has 2 rings (SSSR count). The number of nitrogens with one attached hydrogen (secondary N) is 1. The van der Waals surface area contributed by atoms with Gasteiger partial charge in [0, 0.05) is 11.5 Å². The maximum Gasteiger partial charge on any atom is 0.270 e. The minimum Gasteiger partial charge on any atom is -0.350 e. The van der Waals surface area contributed by atoms with Crippen molar-refractivity contribution in [3.05, 3.63) is 17.4 Å². The largest absolute Gasteiger partial charge is 0.350 e. The molecule has 1 atom stereocenters. The zero-order chi connectivity index (χ0) is 11.6. The van der Waals surface area contributed by atoms with Crippen LogP contribution in [0.1, 0.15) is 13.3 Å². The van der Waals surface area contributed by atoms with Crippen LogP contribution in [0.4, 0.5) is 5.95 Å². The number of nitriles is 1. The summed E-state index contributed by atoms with van der Waals surface area (Å²) >= 11 is 5.71. The molecule has 0 amide bonds. The van der Waals surface area contributed by atoms with Crippen LogP contribution in [0.5, 0.6) is 0 Å². The van der Waals surface area contributed by atoms with E-state index in [4.69, 9.17) is 16.9 Å². The number of anilines is 1. The molecule has 0 unspecified atom stereocenters. The first-order chi connectivity index (χ1) is 7.61. The Morgan fingerprint density at radius 1 is 1.56 bits per heavy atom. The minimum atomic E-state index is -0.0752. The second-order valence-corrected chi connectivity index (χ2v) is 4.92. The van der Waals surface area contributed by atoms with E-state index in [9.17, 15) is 0 Å². The Kier molecular flexibility index (Phi) is 3.02. The van der Waals surface area contributed by atoms with Crippen molar-refractivity contribution in [2.45, 2.75) is 31.5 Å². The summed E-state index contributed by atoms with van der Waals surface area (Å²) in [6.45, 7) is 2.24. The molecule has 0 spiro atoms. The van der Waals surface area contributed by atoms with Crippen molar-refractivity contribution in [1.82, 2.24) is 9.97 Å². The van der Waals surface area contributed by atoms with E-state index in [-0.39, 0.29) is 12.3 Å². The minimum absolute atomic E-state index is 0.0752. The Balaban J connectivity index is 2.05. The third-order valence-electron chi connectivity index (χ3n) is 2.96. The smallest absolute Gasteiger partial charge is 0.270 e. The summed E-state index contributed by atoms with van der Waals surface area (Å²) in [5.41, 5.74) is -0.0752. The predicted octanol–water partition coefficient (Wildman–Crippen LogP) is 2.26. The van der Waals surface area contributed by atoms with Crippen molar-refractivity contribution in [3.63, 3.8) is 0 Å². The lowest BCUT2D eigenvalue weighted by atomic mass is 9.49. The van der Waals surface area contributed by atoms with Gasteiger partial charge in [0.2, 0.25) is 5.95 Å². The number of rotatable bonds is 2. The summed E-state index contributed by atoms with van der Waals surface area (Å²) in [6, 6.07) is 0. The van der Waals surface area contributed by atoms with Crippen LogP contribution >= 0.6 is 11.6 Å². The Morgan fingerprint density at radius 3 is 2.81 bits per heavy atom. The molecule has 1 N–H and O–H groups in total. The second kappa shape index (κ2) is 4.30. The van der Waals surface area contributed by atoms with Crippen molar-refractivity contribution in [3.8, 4) is 5.97 Å². The van der Waals surface area contributed by atoms with Gasteiger partial charge >= 0.3 is 0 Å². The number of hydrogen-bond acceptors (Lipinski definition) is 4. The van der Waals surface area contributed by atoms with E-state index in [1.165, 1.54) is 0 Å². The summed E-state index contributed by atoms with van der Waals surface area (Å²) in [5.74, 6) is 2.89. The van der Waals surface area contributed by atoms with Gasteiger partial charge < -0.3 is 5.32 Å². The van der Waals surface area contributed by atoms with Crippen molar-refractivity contribution in [2.24, 2.45) is 0 Å². The highest BCUT2D eigenvalue weighted by molar-refractivity contribution is 6.68. The predicted molar refractivity (Wildman–Crippen MR) is 64.7 cm³/mol.